The molecule has 3 rings (SSSR count). The fourth-order valence-electron chi connectivity index (χ4n) is 4.63. The molecule has 1 heterocycles. The first kappa shape index (κ1) is 22.1. The zero-order valence-corrected chi connectivity index (χ0v) is 16.3. The van der Waals surface area contributed by atoms with Crippen LogP contribution in [0.2, 0.25) is 0 Å². The lowest BCUT2D eigenvalue weighted by atomic mass is 9.83. The minimum atomic E-state index is -1.66. The van der Waals surface area contributed by atoms with Gasteiger partial charge in [-0.2, -0.15) is 0 Å². The number of carbonyl (C=O) groups excluding carboxylic acids is 1. The molecule has 0 amide bonds. The zero-order chi connectivity index (χ0) is 21.5. The molecule has 0 aromatic carbocycles. The van der Waals surface area contributed by atoms with Crippen LogP contribution >= 0.6 is 0 Å². The molecule has 162 valence electrons. The second-order valence-electron chi connectivity index (χ2n) is 8.30. The number of carbonyl (C=O) groups is 1. The SMILES string of the molecule is C=C(C(=O)O[C@@H]1O[C@H](CO)[C@@H](O)[C@H](O)[C@H]1O)[C@@H]1CCC(=C)[C@@H]2C[C@@H](O)C(=C)[C@@H]2C1. The lowest BCUT2D eigenvalue weighted by molar-refractivity contribution is -0.291. The summed E-state index contributed by atoms with van der Waals surface area (Å²) in [6, 6.07) is 0. The Kier molecular flexibility index (Phi) is 6.62. The first-order valence-electron chi connectivity index (χ1n) is 9.90. The molecule has 1 aliphatic heterocycles. The van der Waals surface area contributed by atoms with Crippen LogP contribution in [0.15, 0.2) is 36.5 Å². The van der Waals surface area contributed by atoms with Gasteiger partial charge in [-0.15, -0.1) is 0 Å². The number of esters is 1. The highest BCUT2D eigenvalue weighted by molar-refractivity contribution is 5.88. The molecule has 0 bridgehead atoms. The molecule has 3 aliphatic rings. The lowest BCUT2D eigenvalue weighted by Crippen LogP contribution is -2.59. The Morgan fingerprint density at radius 1 is 1.07 bits per heavy atom. The van der Waals surface area contributed by atoms with Crippen molar-refractivity contribution in [1.82, 2.24) is 0 Å². The largest absolute Gasteiger partial charge is 0.429 e. The summed E-state index contributed by atoms with van der Waals surface area (Å²) in [4.78, 5) is 12.7. The van der Waals surface area contributed by atoms with Gasteiger partial charge in [0.1, 0.15) is 24.4 Å². The van der Waals surface area contributed by atoms with E-state index in [0.717, 1.165) is 11.1 Å². The fraction of sp³-hybridized carbons (Fsp3) is 0.667. The molecule has 0 aromatic heterocycles. The number of fused-ring (bicyclic) bond motifs is 1. The Hall–Kier alpha value is -1.55. The van der Waals surface area contributed by atoms with Crippen LogP contribution in [0.25, 0.3) is 0 Å². The molecule has 9 atom stereocenters. The van der Waals surface area contributed by atoms with Crippen molar-refractivity contribution in [3.05, 3.63) is 36.5 Å². The highest BCUT2D eigenvalue weighted by Gasteiger charge is 2.46. The van der Waals surface area contributed by atoms with E-state index >= 15 is 0 Å². The van der Waals surface area contributed by atoms with Gasteiger partial charge in [0.15, 0.2) is 0 Å². The molecule has 0 aromatic rings. The van der Waals surface area contributed by atoms with Gasteiger partial charge in [0.2, 0.25) is 6.29 Å². The summed E-state index contributed by atoms with van der Waals surface area (Å²) in [5.74, 6) is -0.854. The highest BCUT2D eigenvalue weighted by atomic mass is 16.7. The van der Waals surface area contributed by atoms with Crippen molar-refractivity contribution in [2.75, 3.05) is 6.61 Å². The summed E-state index contributed by atoms with van der Waals surface area (Å²) in [5.41, 5.74) is 1.98. The van der Waals surface area contributed by atoms with Crippen molar-refractivity contribution < 1.29 is 39.8 Å². The minimum Gasteiger partial charge on any atom is -0.429 e. The van der Waals surface area contributed by atoms with Gasteiger partial charge < -0.3 is 35.0 Å². The molecule has 8 nitrogen and oxygen atoms in total. The van der Waals surface area contributed by atoms with Crippen molar-refractivity contribution in [2.24, 2.45) is 17.8 Å². The zero-order valence-electron chi connectivity index (χ0n) is 16.3. The Bertz CT molecular complexity index is 686. The average molecular weight is 410 g/mol. The van der Waals surface area contributed by atoms with Crippen LogP contribution in [0.1, 0.15) is 25.7 Å². The number of hydrogen-bond acceptors (Lipinski definition) is 8. The minimum absolute atomic E-state index is 0.0156. The lowest BCUT2D eigenvalue weighted by Gasteiger charge is -2.39. The Labute approximate surface area is 169 Å². The van der Waals surface area contributed by atoms with E-state index in [1.54, 1.807) is 0 Å². The molecule has 2 saturated carbocycles. The molecule has 5 N–H and O–H groups in total. The summed E-state index contributed by atoms with van der Waals surface area (Å²) in [5, 5.41) is 49.1. The molecular weight excluding hydrogens is 380 g/mol. The summed E-state index contributed by atoms with van der Waals surface area (Å²) in [6.45, 7) is 11.4. The van der Waals surface area contributed by atoms with Crippen LogP contribution in [-0.2, 0) is 14.3 Å². The first-order valence-corrected chi connectivity index (χ1v) is 9.90. The van der Waals surface area contributed by atoms with Crippen molar-refractivity contribution in [3.63, 3.8) is 0 Å². The summed E-state index contributed by atoms with van der Waals surface area (Å²) in [7, 11) is 0. The molecule has 0 radical (unpaired) electrons. The summed E-state index contributed by atoms with van der Waals surface area (Å²) < 4.78 is 10.4. The predicted molar refractivity (Wildman–Crippen MR) is 102 cm³/mol. The van der Waals surface area contributed by atoms with Gasteiger partial charge in [-0.25, -0.2) is 4.79 Å². The Morgan fingerprint density at radius 3 is 2.41 bits per heavy atom. The third-order valence-corrected chi connectivity index (χ3v) is 6.57. The number of aliphatic hydroxyl groups excluding tert-OH is 5. The van der Waals surface area contributed by atoms with Crippen LogP contribution in [0.3, 0.4) is 0 Å². The van der Waals surface area contributed by atoms with E-state index in [-0.39, 0.29) is 23.3 Å². The van der Waals surface area contributed by atoms with Gasteiger partial charge in [-0.1, -0.05) is 25.3 Å². The average Bonchev–Trinajstić information content (AvgIpc) is 2.87. The van der Waals surface area contributed by atoms with Gasteiger partial charge in [0.05, 0.1) is 12.7 Å². The van der Waals surface area contributed by atoms with E-state index in [0.29, 0.717) is 25.7 Å². The van der Waals surface area contributed by atoms with Gasteiger partial charge in [0.25, 0.3) is 0 Å². The normalized spacial score (nSPS) is 42.9. The van der Waals surface area contributed by atoms with Crippen LogP contribution in [0.5, 0.6) is 0 Å². The van der Waals surface area contributed by atoms with E-state index in [9.17, 15) is 30.3 Å². The predicted octanol–water partition coefficient (Wildman–Crippen LogP) is -0.205. The number of rotatable bonds is 4. The van der Waals surface area contributed by atoms with Crippen molar-refractivity contribution >= 4 is 5.97 Å². The van der Waals surface area contributed by atoms with Crippen LogP contribution in [0, 0.1) is 17.8 Å². The van der Waals surface area contributed by atoms with E-state index in [4.69, 9.17) is 9.47 Å². The van der Waals surface area contributed by atoms with Crippen LogP contribution < -0.4 is 0 Å². The summed E-state index contributed by atoms with van der Waals surface area (Å²) >= 11 is 0. The van der Waals surface area contributed by atoms with Gasteiger partial charge >= 0.3 is 5.97 Å². The van der Waals surface area contributed by atoms with E-state index < -0.39 is 49.4 Å². The maximum atomic E-state index is 12.7. The smallest absolute Gasteiger partial charge is 0.336 e. The quantitative estimate of drug-likeness (QED) is 0.244. The standard InChI is InChI=1S/C21H30O8/c1-9-4-5-12(6-14-11(3)15(23)7-13(9)14)10(2)20(27)29-21-19(26)18(25)17(24)16(8-22)28-21/h12-19,21-26H,1-8H2/t12-,13+,14+,15-,16-,17-,18+,19-,21+/m1/s1. The van der Waals surface area contributed by atoms with E-state index in [1.165, 1.54) is 0 Å². The second kappa shape index (κ2) is 8.67. The van der Waals surface area contributed by atoms with E-state index in [2.05, 4.69) is 19.7 Å². The number of aliphatic hydroxyl groups is 5. The van der Waals surface area contributed by atoms with Gasteiger partial charge in [0, 0.05) is 5.57 Å². The molecule has 0 spiro atoms. The van der Waals surface area contributed by atoms with E-state index in [1.807, 2.05) is 0 Å². The second-order valence-corrected chi connectivity index (χ2v) is 8.30. The number of allylic oxidation sites excluding steroid dienone is 1. The van der Waals surface area contributed by atoms with Crippen molar-refractivity contribution in [1.29, 1.82) is 0 Å². The highest BCUT2D eigenvalue weighted by Crippen LogP contribution is 2.48. The molecule has 8 heteroatoms. The maximum Gasteiger partial charge on any atom is 0.336 e. The molecular formula is C21H30O8. The Morgan fingerprint density at radius 2 is 1.76 bits per heavy atom. The fourth-order valence-corrected chi connectivity index (χ4v) is 4.63. The maximum absolute atomic E-state index is 12.7. The molecule has 0 unspecified atom stereocenters. The Balaban J connectivity index is 1.67. The third-order valence-electron chi connectivity index (χ3n) is 6.57. The topological polar surface area (TPSA) is 137 Å². The van der Waals surface area contributed by atoms with Crippen molar-refractivity contribution in [3.8, 4) is 0 Å². The molecule has 1 saturated heterocycles. The first-order chi connectivity index (χ1) is 13.6. The van der Waals surface area contributed by atoms with Crippen LogP contribution in [-0.4, -0.2) is 74.9 Å². The molecule has 29 heavy (non-hydrogen) atoms. The third kappa shape index (κ3) is 4.19. The number of ether oxygens (including phenoxy) is 2. The van der Waals surface area contributed by atoms with Gasteiger partial charge in [-0.3, -0.25) is 0 Å². The summed E-state index contributed by atoms with van der Waals surface area (Å²) in [6.07, 6.45) is -5.57. The molecule has 2 aliphatic carbocycles. The number of hydrogen-bond donors (Lipinski definition) is 5. The van der Waals surface area contributed by atoms with Gasteiger partial charge in [-0.05, 0) is 49.0 Å². The van der Waals surface area contributed by atoms with Crippen molar-refractivity contribution in [2.45, 2.75) is 62.5 Å². The van der Waals surface area contributed by atoms with Crippen LogP contribution in [0.4, 0.5) is 0 Å². The monoisotopic (exact) mass is 410 g/mol. The molecule has 3 fully saturated rings.